The Balaban J connectivity index is 2.96. The van der Waals surface area contributed by atoms with E-state index >= 15 is 0 Å². The molecule has 0 bridgehead atoms. The van der Waals surface area contributed by atoms with Gasteiger partial charge in [0.25, 0.3) is 0 Å². The zero-order chi connectivity index (χ0) is 7.56. The van der Waals surface area contributed by atoms with Crippen LogP contribution in [0.4, 0.5) is 4.39 Å². The maximum atomic E-state index is 12.2. The van der Waals surface area contributed by atoms with E-state index in [0.29, 0.717) is 0 Å². The van der Waals surface area contributed by atoms with Crippen molar-refractivity contribution in [2.24, 2.45) is 0 Å². The lowest BCUT2D eigenvalue weighted by molar-refractivity contribution is -0.0463. The third-order valence-corrected chi connectivity index (χ3v) is 1.00. The van der Waals surface area contributed by atoms with Gasteiger partial charge in [-0.2, -0.15) is 4.39 Å². The molecule has 0 fully saturated rings. The third-order valence-electron chi connectivity index (χ3n) is 1.00. The monoisotopic (exact) mass is 143 g/mol. The summed E-state index contributed by atoms with van der Waals surface area (Å²) in [5, 5.41) is 16.9. The lowest BCUT2D eigenvalue weighted by Gasteiger charge is -1.99. The molecule has 0 saturated carbocycles. The molecule has 10 heavy (non-hydrogen) atoms. The Morgan fingerprint density at radius 2 is 2.10 bits per heavy atom. The molecule has 0 radical (unpaired) electrons. The van der Waals surface area contributed by atoms with Crippen LogP contribution in [0.5, 0.6) is 0 Å². The van der Waals surface area contributed by atoms with E-state index in [1.807, 2.05) is 0 Å². The summed E-state index contributed by atoms with van der Waals surface area (Å²) in [6.45, 7) is 0. The van der Waals surface area contributed by atoms with E-state index in [1.54, 1.807) is 0 Å². The van der Waals surface area contributed by atoms with E-state index in [0.717, 1.165) is 6.07 Å². The molecule has 1 aromatic heterocycles. The summed E-state index contributed by atoms with van der Waals surface area (Å²) in [6, 6.07) is 3.82. The molecular weight excluding hydrogens is 137 g/mol. The van der Waals surface area contributed by atoms with Crippen LogP contribution in [0.3, 0.4) is 0 Å². The third kappa shape index (κ3) is 1.49. The average Bonchev–Trinajstić information content (AvgIpc) is 1.88. The van der Waals surface area contributed by atoms with Gasteiger partial charge < -0.3 is 10.2 Å². The SMILES string of the molecule is OC(O)c1cccc(F)n1. The molecule has 0 aliphatic rings. The van der Waals surface area contributed by atoms with Gasteiger partial charge in [0.15, 0.2) is 6.29 Å². The number of rotatable bonds is 1. The van der Waals surface area contributed by atoms with Gasteiger partial charge in [-0.15, -0.1) is 0 Å². The van der Waals surface area contributed by atoms with Gasteiger partial charge in [0, 0.05) is 0 Å². The van der Waals surface area contributed by atoms with Crippen molar-refractivity contribution in [1.82, 2.24) is 4.98 Å². The zero-order valence-corrected chi connectivity index (χ0v) is 5.03. The van der Waals surface area contributed by atoms with Crippen molar-refractivity contribution in [3.63, 3.8) is 0 Å². The molecule has 4 heteroatoms. The summed E-state index contributed by atoms with van der Waals surface area (Å²) in [5.41, 5.74) is -0.0833. The minimum Gasteiger partial charge on any atom is -0.363 e. The van der Waals surface area contributed by atoms with Gasteiger partial charge in [0.05, 0.1) is 5.69 Å². The van der Waals surface area contributed by atoms with Gasteiger partial charge in [-0.25, -0.2) is 4.98 Å². The second kappa shape index (κ2) is 2.72. The van der Waals surface area contributed by atoms with Crippen molar-refractivity contribution in [3.05, 3.63) is 29.8 Å². The number of aliphatic hydroxyl groups is 2. The van der Waals surface area contributed by atoms with Gasteiger partial charge in [-0.1, -0.05) is 6.07 Å². The van der Waals surface area contributed by atoms with E-state index in [1.165, 1.54) is 12.1 Å². The van der Waals surface area contributed by atoms with E-state index in [9.17, 15) is 4.39 Å². The molecule has 1 rings (SSSR count). The smallest absolute Gasteiger partial charge is 0.213 e. The van der Waals surface area contributed by atoms with Crippen LogP contribution in [0.25, 0.3) is 0 Å². The van der Waals surface area contributed by atoms with Gasteiger partial charge in [0.1, 0.15) is 0 Å². The van der Waals surface area contributed by atoms with Crippen molar-refractivity contribution < 1.29 is 14.6 Å². The van der Waals surface area contributed by atoms with Crippen LogP contribution in [-0.2, 0) is 0 Å². The normalized spacial score (nSPS) is 10.4. The molecule has 0 aromatic carbocycles. The molecule has 0 atom stereocenters. The van der Waals surface area contributed by atoms with Crippen LogP contribution in [-0.4, -0.2) is 15.2 Å². The van der Waals surface area contributed by atoms with Gasteiger partial charge in [0.2, 0.25) is 5.95 Å². The first kappa shape index (κ1) is 7.11. The zero-order valence-electron chi connectivity index (χ0n) is 5.03. The highest BCUT2D eigenvalue weighted by atomic mass is 19.1. The fraction of sp³-hybridized carbons (Fsp3) is 0.167. The summed E-state index contributed by atoms with van der Waals surface area (Å²) < 4.78 is 12.2. The number of hydrogen-bond donors (Lipinski definition) is 2. The first-order valence-corrected chi connectivity index (χ1v) is 2.69. The number of hydrogen-bond acceptors (Lipinski definition) is 3. The quantitative estimate of drug-likeness (QED) is 0.436. The molecule has 1 aromatic rings. The molecule has 3 nitrogen and oxygen atoms in total. The highest BCUT2D eigenvalue weighted by Crippen LogP contribution is 2.05. The number of halogens is 1. The van der Waals surface area contributed by atoms with Crippen LogP contribution in [0.2, 0.25) is 0 Å². The van der Waals surface area contributed by atoms with Crippen molar-refractivity contribution >= 4 is 0 Å². The van der Waals surface area contributed by atoms with Crippen molar-refractivity contribution in [1.29, 1.82) is 0 Å². The van der Waals surface area contributed by atoms with Crippen LogP contribution < -0.4 is 0 Å². The fourth-order valence-electron chi connectivity index (χ4n) is 0.568. The number of aliphatic hydroxyl groups excluding tert-OH is 1. The van der Waals surface area contributed by atoms with Crippen LogP contribution >= 0.6 is 0 Å². The lowest BCUT2D eigenvalue weighted by Crippen LogP contribution is -1.99. The summed E-state index contributed by atoms with van der Waals surface area (Å²) in [5.74, 6) is -0.717. The lowest BCUT2D eigenvalue weighted by atomic mass is 10.3. The van der Waals surface area contributed by atoms with E-state index in [-0.39, 0.29) is 5.69 Å². The first-order chi connectivity index (χ1) is 4.70. The largest absolute Gasteiger partial charge is 0.363 e. The maximum absolute atomic E-state index is 12.2. The van der Waals surface area contributed by atoms with Crippen LogP contribution in [0, 0.1) is 5.95 Å². The summed E-state index contributed by atoms with van der Waals surface area (Å²) >= 11 is 0. The van der Waals surface area contributed by atoms with E-state index < -0.39 is 12.2 Å². The molecular formula is C6H6FNO2. The second-order valence-corrected chi connectivity index (χ2v) is 1.76. The Labute approximate surface area is 56.8 Å². The van der Waals surface area contributed by atoms with Crippen molar-refractivity contribution in [2.45, 2.75) is 6.29 Å². The minimum atomic E-state index is -1.70. The Morgan fingerprint density at radius 3 is 2.50 bits per heavy atom. The molecule has 54 valence electrons. The second-order valence-electron chi connectivity index (χ2n) is 1.76. The Hall–Kier alpha value is -1.00. The molecule has 0 aliphatic heterocycles. The standard InChI is InChI=1S/C6H6FNO2/c7-5-3-1-2-4(8-5)6(9)10/h1-3,6,9-10H. The maximum Gasteiger partial charge on any atom is 0.213 e. The predicted molar refractivity (Wildman–Crippen MR) is 31.4 cm³/mol. The fourth-order valence-corrected chi connectivity index (χ4v) is 0.568. The number of pyridine rings is 1. The topological polar surface area (TPSA) is 53.4 Å². The summed E-state index contributed by atoms with van der Waals surface area (Å²) in [4.78, 5) is 3.21. The Kier molecular flexibility index (Phi) is 1.94. The van der Waals surface area contributed by atoms with Crippen molar-refractivity contribution in [2.75, 3.05) is 0 Å². The highest BCUT2D eigenvalue weighted by molar-refractivity contribution is 5.05. The highest BCUT2D eigenvalue weighted by Gasteiger charge is 2.03. The van der Waals surface area contributed by atoms with E-state index in [2.05, 4.69) is 4.98 Å². The molecule has 0 aliphatic carbocycles. The Bertz CT molecular complexity index is 227. The van der Waals surface area contributed by atoms with Crippen LogP contribution in [0.1, 0.15) is 12.0 Å². The van der Waals surface area contributed by atoms with E-state index in [4.69, 9.17) is 10.2 Å². The minimum absolute atomic E-state index is 0.0833. The molecule has 0 amide bonds. The summed E-state index contributed by atoms with van der Waals surface area (Å²) in [7, 11) is 0. The molecule has 0 saturated heterocycles. The van der Waals surface area contributed by atoms with Crippen LogP contribution in [0.15, 0.2) is 18.2 Å². The Morgan fingerprint density at radius 1 is 1.40 bits per heavy atom. The summed E-state index contributed by atoms with van der Waals surface area (Å²) in [6.07, 6.45) is -1.70. The van der Waals surface area contributed by atoms with Gasteiger partial charge in [-0.3, -0.25) is 0 Å². The molecule has 2 N–H and O–H groups in total. The van der Waals surface area contributed by atoms with Gasteiger partial charge in [-0.05, 0) is 12.1 Å². The average molecular weight is 143 g/mol. The first-order valence-electron chi connectivity index (χ1n) is 2.69. The van der Waals surface area contributed by atoms with Crippen molar-refractivity contribution in [3.8, 4) is 0 Å². The molecule has 0 spiro atoms. The number of nitrogens with zero attached hydrogens (tertiary/aromatic N) is 1. The molecule has 1 heterocycles. The number of aromatic nitrogens is 1. The predicted octanol–water partition coefficient (Wildman–Crippen LogP) is 0.204. The van der Waals surface area contributed by atoms with Gasteiger partial charge >= 0.3 is 0 Å². The molecule has 0 unspecified atom stereocenters.